The van der Waals surface area contributed by atoms with Crippen LogP contribution < -0.4 is 11.1 Å². The van der Waals surface area contributed by atoms with Crippen molar-refractivity contribution in [2.75, 3.05) is 59.7 Å². The van der Waals surface area contributed by atoms with Crippen molar-refractivity contribution in [1.82, 2.24) is 14.8 Å². The molecule has 0 aliphatic heterocycles. The normalized spacial score (nSPS) is 11.3. The Bertz CT molecular complexity index is 1700. The Labute approximate surface area is 296 Å². The highest BCUT2D eigenvalue weighted by Crippen LogP contribution is 2.36. The molecule has 0 fully saturated rings. The average molecular weight is 687 g/mol. The van der Waals surface area contributed by atoms with Gasteiger partial charge in [-0.15, -0.1) is 0 Å². The lowest BCUT2D eigenvalue weighted by Gasteiger charge is -2.14. The number of rotatable bonds is 11. The third-order valence-electron chi connectivity index (χ3n) is 7.38. The molecule has 9 heteroatoms. The molecule has 0 atom stereocenters. The van der Waals surface area contributed by atoms with E-state index in [-0.39, 0.29) is 13.1 Å². The Morgan fingerprint density at radius 1 is 0.760 bits per heavy atom. The van der Waals surface area contributed by atoms with E-state index in [1.54, 1.807) is 13.0 Å². The van der Waals surface area contributed by atoms with Crippen molar-refractivity contribution < 1.29 is 13.2 Å². The van der Waals surface area contributed by atoms with Crippen LogP contribution >= 0.6 is 0 Å². The number of hydrogen-bond donors (Lipinski definition) is 2. The number of nitrogens with two attached hydrogens (primary N) is 1. The van der Waals surface area contributed by atoms with Gasteiger partial charge in [0.05, 0.1) is 22.5 Å². The second-order valence-electron chi connectivity index (χ2n) is 12.0. The van der Waals surface area contributed by atoms with E-state index < -0.39 is 11.7 Å². The number of fused-ring (bicyclic) bond motifs is 1. The molecular formula is C41H53F3N6. The monoisotopic (exact) mass is 686 g/mol. The summed E-state index contributed by atoms with van der Waals surface area (Å²) in [5.41, 5.74) is 10.2. The number of benzene rings is 4. The SMILES string of the molecule is C.CC(=Nc1ccccc1C(F)(F)F)c1ccccc1.CN(C)CCCN.CN(C)CCCNc1cc(-c2ccccc2)nc2ccccc12. The van der Waals surface area contributed by atoms with Crippen LogP contribution in [-0.2, 0) is 6.18 Å². The number of pyridine rings is 1. The van der Waals surface area contributed by atoms with E-state index in [1.165, 1.54) is 17.5 Å². The molecule has 3 N–H and O–H groups in total. The fourth-order valence-corrected chi connectivity index (χ4v) is 4.84. The molecule has 0 saturated heterocycles. The average Bonchev–Trinajstić information content (AvgIpc) is 3.10. The summed E-state index contributed by atoms with van der Waals surface area (Å²) in [6, 6.07) is 35.3. The van der Waals surface area contributed by atoms with Crippen molar-refractivity contribution >= 4 is 28.0 Å². The summed E-state index contributed by atoms with van der Waals surface area (Å²) >= 11 is 0. The summed E-state index contributed by atoms with van der Waals surface area (Å²) in [5.74, 6) is 0. The number of nitrogens with one attached hydrogen (secondary N) is 1. The smallest absolute Gasteiger partial charge is 0.384 e. The summed E-state index contributed by atoms with van der Waals surface area (Å²) in [4.78, 5) is 13.2. The lowest BCUT2D eigenvalue weighted by atomic mass is 10.1. The molecule has 4 aromatic carbocycles. The molecule has 0 saturated carbocycles. The van der Waals surface area contributed by atoms with Crippen LogP contribution in [0.15, 0.2) is 120 Å². The van der Waals surface area contributed by atoms with Crippen LogP contribution in [0.5, 0.6) is 0 Å². The first-order chi connectivity index (χ1) is 23.5. The molecule has 0 aliphatic carbocycles. The third kappa shape index (κ3) is 14.1. The third-order valence-corrected chi connectivity index (χ3v) is 7.38. The minimum Gasteiger partial charge on any atom is -0.384 e. The molecule has 1 heterocycles. The van der Waals surface area contributed by atoms with Gasteiger partial charge in [-0.05, 0) is 97.4 Å². The Morgan fingerprint density at radius 3 is 1.92 bits per heavy atom. The minimum atomic E-state index is -4.39. The number of anilines is 1. The van der Waals surface area contributed by atoms with Crippen LogP contribution in [0.25, 0.3) is 22.2 Å². The van der Waals surface area contributed by atoms with Crippen LogP contribution in [0.2, 0.25) is 0 Å². The molecule has 0 bridgehead atoms. The molecule has 0 unspecified atom stereocenters. The molecule has 6 nitrogen and oxygen atoms in total. The van der Waals surface area contributed by atoms with Gasteiger partial charge in [0.25, 0.3) is 0 Å². The maximum atomic E-state index is 12.8. The molecular weight excluding hydrogens is 633 g/mol. The highest BCUT2D eigenvalue weighted by atomic mass is 19.4. The summed E-state index contributed by atoms with van der Waals surface area (Å²) in [6.45, 7) is 5.65. The number of halogens is 3. The van der Waals surface area contributed by atoms with E-state index in [0.29, 0.717) is 5.71 Å². The lowest BCUT2D eigenvalue weighted by molar-refractivity contribution is -0.137. The zero-order valence-electron chi connectivity index (χ0n) is 29.2. The minimum absolute atomic E-state index is 0. The first kappa shape index (κ1) is 41.6. The number of alkyl halides is 3. The van der Waals surface area contributed by atoms with Crippen LogP contribution in [0, 0.1) is 0 Å². The maximum Gasteiger partial charge on any atom is 0.418 e. The topological polar surface area (TPSA) is 69.8 Å². The highest BCUT2D eigenvalue weighted by molar-refractivity contribution is 6.00. The van der Waals surface area contributed by atoms with E-state index in [2.05, 4.69) is 96.8 Å². The predicted octanol–water partition coefficient (Wildman–Crippen LogP) is 9.64. The van der Waals surface area contributed by atoms with Gasteiger partial charge < -0.3 is 20.9 Å². The Kier molecular flexibility index (Phi) is 17.9. The molecule has 0 aliphatic rings. The number of aromatic nitrogens is 1. The van der Waals surface area contributed by atoms with E-state index in [9.17, 15) is 13.2 Å². The molecule has 1 aromatic heterocycles. The molecule has 5 rings (SSSR count). The largest absolute Gasteiger partial charge is 0.418 e. The fourth-order valence-electron chi connectivity index (χ4n) is 4.84. The van der Waals surface area contributed by atoms with E-state index in [4.69, 9.17) is 10.7 Å². The number of para-hydroxylation sites is 2. The summed E-state index contributed by atoms with van der Waals surface area (Å²) in [6.07, 6.45) is -2.17. The van der Waals surface area contributed by atoms with Gasteiger partial charge >= 0.3 is 6.18 Å². The van der Waals surface area contributed by atoms with Gasteiger partial charge in [0.2, 0.25) is 0 Å². The zero-order chi connectivity index (χ0) is 35.6. The molecule has 50 heavy (non-hydrogen) atoms. The molecule has 0 amide bonds. The second kappa shape index (κ2) is 21.5. The lowest BCUT2D eigenvalue weighted by Crippen LogP contribution is -2.16. The van der Waals surface area contributed by atoms with E-state index >= 15 is 0 Å². The van der Waals surface area contributed by atoms with Crippen LogP contribution in [0.4, 0.5) is 24.5 Å². The standard InChI is InChI=1S/C20H23N3.C15H12F3N.C5H14N2.CH4/c1-23(2)14-8-13-21-20-15-19(16-9-4-3-5-10-16)22-18-12-7-6-11-17(18)20;1-11(12-7-3-2-4-8-12)19-14-10-6-5-9-13(14)15(16,17)18;1-7(2)5-3-4-6;/h3-7,9-12,15H,8,13-14H2,1-2H3,(H,21,22);2-10H,1H3;3-6H2,1-2H3;1H4. The molecule has 268 valence electrons. The van der Waals surface area contributed by atoms with Gasteiger partial charge in [-0.2, -0.15) is 13.2 Å². The molecule has 0 radical (unpaired) electrons. The zero-order valence-corrected chi connectivity index (χ0v) is 29.2. The van der Waals surface area contributed by atoms with Crippen molar-refractivity contribution in [2.24, 2.45) is 10.7 Å². The Morgan fingerprint density at radius 2 is 1.32 bits per heavy atom. The number of hydrogen-bond acceptors (Lipinski definition) is 6. The summed E-state index contributed by atoms with van der Waals surface area (Å²) in [7, 11) is 8.32. The maximum absolute atomic E-state index is 12.8. The predicted molar refractivity (Wildman–Crippen MR) is 208 cm³/mol. The van der Waals surface area contributed by atoms with Crippen LogP contribution in [-0.4, -0.2) is 74.9 Å². The fraction of sp³-hybridized carbons (Fsp3) is 0.317. The van der Waals surface area contributed by atoms with E-state index in [0.717, 1.165) is 73.1 Å². The van der Waals surface area contributed by atoms with Gasteiger partial charge in [-0.1, -0.05) is 98.4 Å². The Balaban J connectivity index is 0.000000291. The van der Waals surface area contributed by atoms with E-state index in [1.807, 2.05) is 42.5 Å². The first-order valence-corrected chi connectivity index (χ1v) is 16.4. The first-order valence-electron chi connectivity index (χ1n) is 16.4. The summed E-state index contributed by atoms with van der Waals surface area (Å²) < 4.78 is 38.5. The molecule has 5 aromatic rings. The Hall–Kier alpha value is -4.57. The number of nitrogens with zero attached hydrogens (tertiary/aromatic N) is 4. The van der Waals surface area contributed by atoms with Gasteiger partial charge in [0.15, 0.2) is 0 Å². The van der Waals surface area contributed by atoms with Crippen molar-refractivity contribution in [3.63, 3.8) is 0 Å². The van der Waals surface area contributed by atoms with Gasteiger partial charge in [-0.3, -0.25) is 4.99 Å². The van der Waals surface area contributed by atoms with Crippen LogP contribution in [0.3, 0.4) is 0 Å². The van der Waals surface area contributed by atoms with Crippen molar-refractivity contribution in [1.29, 1.82) is 0 Å². The van der Waals surface area contributed by atoms with Gasteiger partial charge in [0.1, 0.15) is 0 Å². The van der Waals surface area contributed by atoms with Gasteiger partial charge in [-0.25, -0.2) is 4.98 Å². The van der Waals surface area contributed by atoms with Crippen molar-refractivity contribution in [2.45, 2.75) is 33.4 Å². The van der Waals surface area contributed by atoms with Crippen molar-refractivity contribution in [3.05, 3.63) is 126 Å². The number of aliphatic imine (C=N–C) groups is 1. The quantitative estimate of drug-likeness (QED) is 0.107. The second-order valence-corrected chi connectivity index (χ2v) is 12.0. The highest BCUT2D eigenvalue weighted by Gasteiger charge is 2.33. The van der Waals surface area contributed by atoms with Crippen LogP contribution in [0.1, 0.15) is 38.3 Å². The molecule has 0 spiro atoms. The summed E-state index contributed by atoms with van der Waals surface area (Å²) in [5, 5.41) is 4.76. The van der Waals surface area contributed by atoms with Crippen molar-refractivity contribution in [3.8, 4) is 11.3 Å². The van der Waals surface area contributed by atoms with Gasteiger partial charge in [0, 0.05) is 28.9 Å².